The zero-order valence-corrected chi connectivity index (χ0v) is 60.2. The minimum atomic E-state index is -4.95. The Balaban J connectivity index is 5.23. The molecule has 19 heteroatoms. The van der Waals surface area contributed by atoms with E-state index in [1.807, 2.05) is 0 Å². The van der Waals surface area contributed by atoms with Crippen molar-refractivity contribution in [1.82, 2.24) is 0 Å². The number of phosphoric ester groups is 2. The topological polar surface area (TPSA) is 237 Å². The minimum Gasteiger partial charge on any atom is -0.462 e. The Morgan fingerprint density at radius 2 is 0.511 bits per heavy atom. The second kappa shape index (κ2) is 63.1. The second-order valence-electron chi connectivity index (χ2n) is 26.6. The Kier molecular flexibility index (Phi) is 61.8. The number of hydrogen-bond donors (Lipinski definition) is 3. The average molecular weight is 1330 g/mol. The van der Waals surface area contributed by atoms with Gasteiger partial charge in [-0.05, 0) is 37.5 Å². The van der Waals surface area contributed by atoms with Crippen LogP contribution >= 0.6 is 15.6 Å². The highest BCUT2D eigenvalue weighted by Gasteiger charge is 2.30. The van der Waals surface area contributed by atoms with E-state index in [4.69, 9.17) is 37.0 Å². The fourth-order valence-electron chi connectivity index (χ4n) is 10.8. The molecular weight excluding hydrogens is 1190 g/mol. The van der Waals surface area contributed by atoms with Gasteiger partial charge >= 0.3 is 39.5 Å². The number of aliphatic hydroxyl groups excluding tert-OH is 1. The molecule has 0 aliphatic rings. The lowest BCUT2D eigenvalue weighted by atomic mass is 10.0. The highest BCUT2D eigenvalue weighted by atomic mass is 31.2. The van der Waals surface area contributed by atoms with E-state index in [9.17, 15) is 43.2 Å². The number of rotatable bonds is 70. The maximum absolute atomic E-state index is 13.0. The Labute approximate surface area is 549 Å². The quantitative estimate of drug-likeness (QED) is 0.0222. The first-order valence-electron chi connectivity index (χ1n) is 37.0. The fourth-order valence-corrected chi connectivity index (χ4v) is 12.3. The van der Waals surface area contributed by atoms with Crippen molar-refractivity contribution in [3.63, 3.8) is 0 Å². The van der Waals surface area contributed by atoms with E-state index in [2.05, 4.69) is 41.5 Å². The lowest BCUT2D eigenvalue weighted by molar-refractivity contribution is -0.161. The predicted octanol–water partition coefficient (Wildman–Crippen LogP) is 20.4. The molecule has 0 aromatic heterocycles. The molecule has 2 unspecified atom stereocenters. The summed E-state index contributed by atoms with van der Waals surface area (Å²) >= 11 is 0. The van der Waals surface area contributed by atoms with Gasteiger partial charge in [-0.3, -0.25) is 37.3 Å². The molecule has 0 saturated heterocycles. The molecule has 0 heterocycles. The lowest BCUT2D eigenvalue weighted by Crippen LogP contribution is -2.30. The summed E-state index contributed by atoms with van der Waals surface area (Å²) in [6.45, 7) is 9.52. The maximum Gasteiger partial charge on any atom is 0.472 e. The summed E-state index contributed by atoms with van der Waals surface area (Å²) in [5, 5.41) is 10.6. The first-order chi connectivity index (χ1) is 43.4. The zero-order chi connectivity index (χ0) is 66.5. The number of phosphoric acid groups is 2. The van der Waals surface area contributed by atoms with Crippen LogP contribution in [0.3, 0.4) is 0 Å². The maximum atomic E-state index is 13.0. The van der Waals surface area contributed by atoms with Crippen LogP contribution in [0.15, 0.2) is 0 Å². The van der Waals surface area contributed by atoms with Crippen molar-refractivity contribution in [2.24, 2.45) is 11.8 Å². The Morgan fingerprint density at radius 3 is 0.756 bits per heavy atom. The molecule has 17 nitrogen and oxygen atoms in total. The van der Waals surface area contributed by atoms with Gasteiger partial charge in [0.25, 0.3) is 0 Å². The van der Waals surface area contributed by atoms with E-state index in [0.717, 1.165) is 102 Å². The molecule has 0 rings (SSSR count). The van der Waals surface area contributed by atoms with Crippen LogP contribution < -0.4 is 0 Å². The molecule has 90 heavy (non-hydrogen) atoms. The first-order valence-corrected chi connectivity index (χ1v) is 40.0. The van der Waals surface area contributed by atoms with Crippen molar-refractivity contribution in [2.75, 3.05) is 39.6 Å². The largest absolute Gasteiger partial charge is 0.472 e. The summed E-state index contributed by atoms with van der Waals surface area (Å²) in [7, 11) is -9.90. The number of carbonyl (C=O) groups excluding carboxylic acids is 4. The van der Waals surface area contributed by atoms with E-state index >= 15 is 0 Å². The van der Waals surface area contributed by atoms with E-state index in [0.29, 0.717) is 31.6 Å². The van der Waals surface area contributed by atoms with Gasteiger partial charge in [0.1, 0.15) is 19.3 Å². The smallest absolute Gasteiger partial charge is 0.462 e. The molecular formula is C71H138O17P2. The lowest BCUT2D eigenvalue weighted by Gasteiger charge is -2.21. The standard InChI is InChI=1S/C71H138O17P2/c1-7-9-11-13-15-17-19-26-29-35-41-47-53-68(73)81-59-66(87-71(76)56-50-44-37-31-27-23-21-20-22-25-28-33-39-45-51-63(3)4)61-85-89(77,78)83-57-65(72)58-84-90(79,80)86-62-67(60-82-69(74)54-48-42-38-32-34-40-46-52-64(5)6)88-70(75)55-49-43-36-30-24-18-16-14-12-10-8-2/h63-67,72H,7-62H2,1-6H3,(H,77,78)(H,79,80)/t65-,66-,67-/m1/s1. The van der Waals surface area contributed by atoms with E-state index in [-0.39, 0.29) is 25.7 Å². The Hall–Kier alpha value is -1.94. The van der Waals surface area contributed by atoms with Gasteiger partial charge in [0.2, 0.25) is 0 Å². The van der Waals surface area contributed by atoms with E-state index in [1.165, 1.54) is 173 Å². The van der Waals surface area contributed by atoms with Crippen molar-refractivity contribution in [3.8, 4) is 0 Å². The molecule has 0 aliphatic heterocycles. The zero-order valence-electron chi connectivity index (χ0n) is 58.4. The van der Waals surface area contributed by atoms with Crippen LogP contribution in [0.2, 0.25) is 0 Å². The van der Waals surface area contributed by atoms with Gasteiger partial charge in [-0.1, -0.05) is 311 Å². The molecule has 0 spiro atoms. The van der Waals surface area contributed by atoms with Gasteiger partial charge in [-0.15, -0.1) is 0 Å². The summed E-state index contributed by atoms with van der Waals surface area (Å²) in [5.41, 5.74) is 0. The third-order valence-electron chi connectivity index (χ3n) is 16.5. The normalized spacial score (nSPS) is 14.1. The summed E-state index contributed by atoms with van der Waals surface area (Å²) in [4.78, 5) is 72.5. The van der Waals surface area contributed by atoms with Crippen molar-refractivity contribution in [3.05, 3.63) is 0 Å². The molecule has 0 saturated carbocycles. The molecule has 0 aliphatic carbocycles. The third kappa shape index (κ3) is 64.8. The molecule has 0 radical (unpaired) electrons. The number of carbonyl (C=O) groups is 4. The molecule has 0 amide bonds. The van der Waals surface area contributed by atoms with Crippen molar-refractivity contribution >= 4 is 39.5 Å². The van der Waals surface area contributed by atoms with Crippen LogP contribution in [0.1, 0.15) is 363 Å². The number of ether oxygens (including phenoxy) is 4. The predicted molar refractivity (Wildman–Crippen MR) is 363 cm³/mol. The molecule has 0 bridgehead atoms. The van der Waals surface area contributed by atoms with Gasteiger partial charge < -0.3 is 33.8 Å². The van der Waals surface area contributed by atoms with Crippen LogP contribution in [0.5, 0.6) is 0 Å². The Morgan fingerprint density at radius 1 is 0.300 bits per heavy atom. The Bertz CT molecular complexity index is 1750. The van der Waals surface area contributed by atoms with Gasteiger partial charge in [-0.2, -0.15) is 0 Å². The third-order valence-corrected chi connectivity index (χ3v) is 18.4. The SMILES string of the molecule is CCCCCCCCCCCCCCC(=O)OC[C@H](COP(=O)(O)OC[C@@H](O)COP(=O)(O)OC[C@@H](COC(=O)CCCCCCCCCC(C)C)OC(=O)CCCCCCCCCCCCC)OC(=O)CCCCCCCCCCCCCCCCC(C)C. The van der Waals surface area contributed by atoms with Crippen LogP contribution in [0, 0.1) is 11.8 Å². The molecule has 5 atom stereocenters. The second-order valence-corrected chi connectivity index (χ2v) is 29.5. The molecule has 0 aromatic carbocycles. The van der Waals surface area contributed by atoms with Gasteiger partial charge in [-0.25, -0.2) is 9.13 Å². The first kappa shape index (κ1) is 88.1. The highest BCUT2D eigenvalue weighted by Crippen LogP contribution is 2.45. The summed E-state index contributed by atoms with van der Waals surface area (Å²) in [6, 6.07) is 0. The van der Waals surface area contributed by atoms with E-state index < -0.39 is 97.5 Å². The van der Waals surface area contributed by atoms with Crippen molar-refractivity contribution < 1.29 is 80.2 Å². The van der Waals surface area contributed by atoms with Gasteiger partial charge in [0.15, 0.2) is 12.2 Å². The molecule has 534 valence electrons. The van der Waals surface area contributed by atoms with Crippen LogP contribution in [0.4, 0.5) is 0 Å². The summed E-state index contributed by atoms with van der Waals surface area (Å²) < 4.78 is 68.3. The monoisotopic (exact) mass is 1320 g/mol. The highest BCUT2D eigenvalue weighted by molar-refractivity contribution is 7.47. The summed E-state index contributed by atoms with van der Waals surface area (Å²) in [5.74, 6) is -0.621. The van der Waals surface area contributed by atoms with E-state index in [1.54, 1.807) is 0 Å². The molecule has 0 fully saturated rings. The fraction of sp³-hybridized carbons (Fsp3) is 0.944. The number of aliphatic hydroxyl groups is 1. The van der Waals surface area contributed by atoms with Crippen molar-refractivity contribution in [1.29, 1.82) is 0 Å². The molecule has 0 aromatic rings. The summed E-state index contributed by atoms with van der Waals surface area (Å²) in [6.07, 6.45) is 48.5. The molecule has 3 N–H and O–H groups in total. The van der Waals surface area contributed by atoms with Crippen molar-refractivity contribution in [2.45, 2.75) is 381 Å². The van der Waals surface area contributed by atoms with Crippen LogP contribution in [-0.2, 0) is 65.4 Å². The van der Waals surface area contributed by atoms with Crippen LogP contribution in [-0.4, -0.2) is 96.7 Å². The minimum absolute atomic E-state index is 0.106. The van der Waals surface area contributed by atoms with Gasteiger partial charge in [0.05, 0.1) is 26.4 Å². The number of hydrogen-bond acceptors (Lipinski definition) is 15. The number of esters is 4. The van der Waals surface area contributed by atoms with Crippen LogP contribution in [0.25, 0.3) is 0 Å². The number of unbranched alkanes of at least 4 members (excludes halogenated alkanes) is 40. The van der Waals surface area contributed by atoms with Gasteiger partial charge in [0, 0.05) is 25.7 Å². The average Bonchev–Trinajstić information content (AvgIpc) is 3.11.